The standard InChI is InChI=1S/C18H25N3O4/c1-9-14(15(19)25-21-9)17(23)24-10(2)16(22)20-18-6-11-3-12(7-18)5-13(4-11)8-18/h10-13H,3-8,19H2,1-2H3,(H,20,22)/t10-,11?,12?,13?,18?/m0/s1. The number of anilines is 1. The maximum Gasteiger partial charge on any atom is 0.346 e. The molecule has 4 bridgehead atoms. The summed E-state index contributed by atoms with van der Waals surface area (Å²) >= 11 is 0. The van der Waals surface area contributed by atoms with Gasteiger partial charge in [0.05, 0.1) is 5.69 Å². The lowest BCUT2D eigenvalue weighted by atomic mass is 9.53. The van der Waals surface area contributed by atoms with Crippen LogP contribution in [0.2, 0.25) is 0 Å². The van der Waals surface area contributed by atoms with Crippen LogP contribution in [-0.4, -0.2) is 28.7 Å². The van der Waals surface area contributed by atoms with Crippen LogP contribution in [0.4, 0.5) is 5.88 Å². The van der Waals surface area contributed by atoms with E-state index in [-0.39, 0.29) is 22.9 Å². The van der Waals surface area contributed by atoms with Gasteiger partial charge in [-0.05, 0) is 70.1 Å². The average molecular weight is 347 g/mol. The summed E-state index contributed by atoms with van der Waals surface area (Å²) in [5.74, 6) is 1.22. The van der Waals surface area contributed by atoms with Crippen molar-refractivity contribution in [3.8, 4) is 0 Å². The molecule has 5 rings (SSSR count). The number of rotatable bonds is 4. The molecule has 1 aromatic rings. The van der Waals surface area contributed by atoms with Crippen molar-refractivity contribution in [3.05, 3.63) is 11.3 Å². The lowest BCUT2D eigenvalue weighted by Crippen LogP contribution is -2.61. The van der Waals surface area contributed by atoms with Crippen molar-refractivity contribution in [2.24, 2.45) is 17.8 Å². The molecule has 1 aromatic heterocycles. The smallest absolute Gasteiger partial charge is 0.346 e. The SMILES string of the molecule is Cc1noc(N)c1C(=O)O[C@@H](C)C(=O)NC12CC3CC(CC(C3)C1)C2. The number of nitrogens with two attached hydrogens (primary N) is 1. The summed E-state index contributed by atoms with van der Waals surface area (Å²) in [6, 6.07) is 0. The summed E-state index contributed by atoms with van der Waals surface area (Å²) in [6.45, 7) is 3.20. The van der Waals surface area contributed by atoms with E-state index in [1.165, 1.54) is 19.3 Å². The van der Waals surface area contributed by atoms with Gasteiger partial charge >= 0.3 is 5.97 Å². The molecule has 7 heteroatoms. The minimum absolute atomic E-state index is 0.0869. The number of amides is 1. The first-order valence-electron chi connectivity index (χ1n) is 9.10. The third kappa shape index (κ3) is 2.89. The molecule has 0 saturated heterocycles. The van der Waals surface area contributed by atoms with E-state index in [2.05, 4.69) is 10.5 Å². The van der Waals surface area contributed by atoms with Gasteiger partial charge in [0.1, 0.15) is 5.56 Å². The van der Waals surface area contributed by atoms with Crippen molar-refractivity contribution < 1.29 is 18.8 Å². The minimum atomic E-state index is -0.880. The fourth-order valence-corrected chi connectivity index (χ4v) is 5.54. The van der Waals surface area contributed by atoms with E-state index in [4.69, 9.17) is 15.0 Å². The Hall–Kier alpha value is -2.05. The van der Waals surface area contributed by atoms with Crippen LogP contribution in [-0.2, 0) is 9.53 Å². The minimum Gasteiger partial charge on any atom is -0.449 e. The second kappa shape index (κ2) is 5.75. The molecule has 1 heterocycles. The molecular formula is C18H25N3O4. The van der Waals surface area contributed by atoms with Crippen molar-refractivity contribution in [1.82, 2.24) is 10.5 Å². The van der Waals surface area contributed by atoms with Gasteiger partial charge in [-0.1, -0.05) is 5.16 Å². The van der Waals surface area contributed by atoms with Crippen molar-refractivity contribution in [2.75, 3.05) is 5.73 Å². The van der Waals surface area contributed by atoms with Crippen LogP contribution in [0.1, 0.15) is 61.5 Å². The van der Waals surface area contributed by atoms with Gasteiger partial charge in [0, 0.05) is 5.54 Å². The number of nitrogens with one attached hydrogen (secondary N) is 1. The molecule has 0 aliphatic heterocycles. The van der Waals surface area contributed by atoms with Gasteiger partial charge in [-0.3, -0.25) is 4.79 Å². The molecule has 136 valence electrons. The summed E-state index contributed by atoms with van der Waals surface area (Å²) in [4.78, 5) is 24.9. The summed E-state index contributed by atoms with van der Waals surface area (Å²) in [7, 11) is 0. The Morgan fingerprint density at radius 2 is 1.80 bits per heavy atom. The van der Waals surface area contributed by atoms with Gasteiger partial charge in [0.15, 0.2) is 6.10 Å². The third-order valence-electron chi connectivity index (χ3n) is 6.17. The highest BCUT2D eigenvalue weighted by Crippen LogP contribution is 2.55. The lowest BCUT2D eigenvalue weighted by molar-refractivity contribution is -0.134. The molecule has 4 fully saturated rings. The molecule has 0 spiro atoms. The van der Waals surface area contributed by atoms with E-state index in [1.54, 1.807) is 13.8 Å². The van der Waals surface area contributed by atoms with Crippen molar-refractivity contribution in [2.45, 2.75) is 64.0 Å². The highest BCUT2D eigenvalue weighted by atomic mass is 16.5. The Labute approximate surface area is 146 Å². The van der Waals surface area contributed by atoms with E-state index in [9.17, 15) is 9.59 Å². The second-order valence-electron chi connectivity index (χ2n) is 8.24. The Balaban J connectivity index is 1.40. The number of aryl methyl sites for hydroxylation is 1. The fraction of sp³-hybridized carbons (Fsp3) is 0.722. The van der Waals surface area contributed by atoms with Crippen molar-refractivity contribution in [3.63, 3.8) is 0 Å². The number of hydrogen-bond donors (Lipinski definition) is 2. The molecular weight excluding hydrogens is 322 g/mol. The number of nitrogen functional groups attached to an aromatic ring is 1. The molecule has 1 atom stereocenters. The van der Waals surface area contributed by atoms with Crippen LogP contribution in [0, 0.1) is 24.7 Å². The molecule has 7 nitrogen and oxygen atoms in total. The number of carbonyl (C=O) groups is 2. The van der Waals surface area contributed by atoms with Gasteiger partial charge in [-0.25, -0.2) is 4.79 Å². The molecule has 25 heavy (non-hydrogen) atoms. The Bertz CT molecular complexity index is 656. The Morgan fingerprint density at radius 3 is 2.28 bits per heavy atom. The van der Waals surface area contributed by atoms with E-state index in [0.29, 0.717) is 5.69 Å². The highest BCUT2D eigenvalue weighted by Gasteiger charge is 2.51. The maximum atomic E-state index is 12.6. The lowest BCUT2D eigenvalue weighted by Gasteiger charge is -2.57. The zero-order valence-electron chi connectivity index (χ0n) is 14.7. The van der Waals surface area contributed by atoms with Crippen LogP contribution in [0.5, 0.6) is 0 Å². The van der Waals surface area contributed by atoms with E-state index < -0.39 is 12.1 Å². The first-order chi connectivity index (χ1) is 11.8. The zero-order chi connectivity index (χ0) is 17.8. The maximum absolute atomic E-state index is 12.6. The number of nitrogens with zero attached hydrogens (tertiary/aromatic N) is 1. The summed E-state index contributed by atoms with van der Waals surface area (Å²) < 4.78 is 10.1. The quantitative estimate of drug-likeness (QED) is 0.809. The first-order valence-corrected chi connectivity index (χ1v) is 9.10. The Kier molecular flexibility index (Phi) is 3.77. The van der Waals surface area contributed by atoms with Crippen LogP contribution in [0.25, 0.3) is 0 Å². The second-order valence-corrected chi connectivity index (χ2v) is 8.24. The number of aromatic nitrogens is 1. The normalized spacial score (nSPS) is 33.9. The first kappa shape index (κ1) is 16.4. The number of esters is 1. The number of ether oxygens (including phenoxy) is 1. The Morgan fingerprint density at radius 1 is 1.24 bits per heavy atom. The largest absolute Gasteiger partial charge is 0.449 e. The zero-order valence-corrected chi connectivity index (χ0v) is 14.7. The molecule has 4 aliphatic carbocycles. The van der Waals surface area contributed by atoms with Gasteiger partial charge in [-0.15, -0.1) is 0 Å². The van der Waals surface area contributed by atoms with E-state index in [1.807, 2.05) is 0 Å². The molecule has 4 aliphatic rings. The van der Waals surface area contributed by atoms with Gasteiger partial charge < -0.3 is 20.3 Å². The molecule has 4 saturated carbocycles. The van der Waals surface area contributed by atoms with Crippen LogP contribution < -0.4 is 11.1 Å². The van der Waals surface area contributed by atoms with Crippen LogP contribution >= 0.6 is 0 Å². The predicted octanol–water partition coefficient (Wildman–Crippen LogP) is 2.20. The van der Waals surface area contributed by atoms with Gasteiger partial charge in [-0.2, -0.15) is 0 Å². The number of hydrogen-bond acceptors (Lipinski definition) is 6. The highest BCUT2D eigenvalue weighted by molar-refractivity contribution is 5.96. The van der Waals surface area contributed by atoms with Crippen LogP contribution in [0.15, 0.2) is 4.52 Å². The monoisotopic (exact) mass is 347 g/mol. The topological polar surface area (TPSA) is 107 Å². The summed E-state index contributed by atoms with van der Waals surface area (Å²) in [6.07, 6.45) is 6.23. The average Bonchev–Trinajstić information content (AvgIpc) is 2.84. The molecule has 0 radical (unpaired) electrons. The molecule has 0 aromatic carbocycles. The fourth-order valence-electron chi connectivity index (χ4n) is 5.54. The summed E-state index contributed by atoms with van der Waals surface area (Å²) in [5, 5.41) is 6.85. The molecule has 3 N–H and O–H groups in total. The molecule has 0 unspecified atom stereocenters. The predicted molar refractivity (Wildman–Crippen MR) is 89.6 cm³/mol. The number of carbonyl (C=O) groups excluding carboxylic acids is 2. The van der Waals surface area contributed by atoms with Crippen molar-refractivity contribution >= 4 is 17.8 Å². The molecule has 1 amide bonds. The van der Waals surface area contributed by atoms with E-state index in [0.717, 1.165) is 37.0 Å². The van der Waals surface area contributed by atoms with E-state index >= 15 is 0 Å². The van der Waals surface area contributed by atoms with Gasteiger partial charge in [0.2, 0.25) is 5.88 Å². The van der Waals surface area contributed by atoms with Gasteiger partial charge in [0.25, 0.3) is 5.91 Å². The summed E-state index contributed by atoms with van der Waals surface area (Å²) in [5.41, 5.74) is 5.95. The van der Waals surface area contributed by atoms with Crippen molar-refractivity contribution in [1.29, 1.82) is 0 Å². The van der Waals surface area contributed by atoms with Crippen LogP contribution in [0.3, 0.4) is 0 Å². The third-order valence-corrected chi connectivity index (χ3v) is 6.17.